The molecule has 1 aliphatic carbocycles. The molecule has 0 spiro atoms. The van der Waals surface area contributed by atoms with E-state index in [4.69, 9.17) is 5.73 Å². The van der Waals surface area contributed by atoms with Crippen molar-refractivity contribution in [1.29, 1.82) is 0 Å². The third-order valence-electron chi connectivity index (χ3n) is 2.66. The van der Waals surface area contributed by atoms with Crippen molar-refractivity contribution < 1.29 is 5.11 Å². The molecule has 3 N–H and O–H groups in total. The molecular formula is C7H15NO. The van der Waals surface area contributed by atoms with Gasteiger partial charge < -0.3 is 10.8 Å². The maximum atomic E-state index is 9.30. The van der Waals surface area contributed by atoms with Crippen LogP contribution in [0.1, 0.15) is 27.2 Å². The van der Waals surface area contributed by atoms with Crippen molar-refractivity contribution in [1.82, 2.24) is 0 Å². The first kappa shape index (κ1) is 7.03. The van der Waals surface area contributed by atoms with Gasteiger partial charge in [0, 0.05) is 5.92 Å². The van der Waals surface area contributed by atoms with Crippen LogP contribution in [0.3, 0.4) is 0 Å². The van der Waals surface area contributed by atoms with E-state index in [-0.39, 0.29) is 11.3 Å². The highest BCUT2D eigenvalue weighted by molar-refractivity contribution is 5.01. The van der Waals surface area contributed by atoms with Crippen LogP contribution in [0.2, 0.25) is 0 Å². The first-order chi connectivity index (χ1) is 3.86. The first-order valence-corrected chi connectivity index (χ1v) is 3.37. The Hall–Kier alpha value is -0.0800. The average molecular weight is 129 g/mol. The lowest BCUT2D eigenvalue weighted by atomic mass is 9.58. The summed E-state index contributed by atoms with van der Waals surface area (Å²) in [4.78, 5) is 0. The lowest BCUT2D eigenvalue weighted by Gasteiger charge is -2.54. The minimum Gasteiger partial charge on any atom is -0.376 e. The van der Waals surface area contributed by atoms with Crippen LogP contribution < -0.4 is 5.73 Å². The van der Waals surface area contributed by atoms with Gasteiger partial charge in [-0.15, -0.1) is 0 Å². The third-order valence-corrected chi connectivity index (χ3v) is 2.66. The molecule has 0 aromatic heterocycles. The number of nitrogens with two attached hydrogens (primary N) is 1. The van der Waals surface area contributed by atoms with Crippen molar-refractivity contribution in [3.63, 3.8) is 0 Å². The van der Waals surface area contributed by atoms with Crippen LogP contribution in [0.15, 0.2) is 0 Å². The van der Waals surface area contributed by atoms with Crippen molar-refractivity contribution in [3.05, 3.63) is 0 Å². The fraction of sp³-hybridized carbons (Fsp3) is 1.00. The molecular weight excluding hydrogens is 114 g/mol. The van der Waals surface area contributed by atoms with Crippen LogP contribution in [-0.4, -0.2) is 10.8 Å². The Morgan fingerprint density at radius 1 is 1.56 bits per heavy atom. The van der Waals surface area contributed by atoms with Gasteiger partial charge in [-0.1, -0.05) is 20.8 Å². The van der Waals surface area contributed by atoms with Crippen molar-refractivity contribution >= 4 is 0 Å². The molecule has 0 aromatic rings. The fourth-order valence-corrected chi connectivity index (χ4v) is 1.58. The zero-order valence-corrected chi connectivity index (χ0v) is 6.31. The molecule has 2 nitrogen and oxygen atoms in total. The molecule has 0 aliphatic heterocycles. The summed E-state index contributed by atoms with van der Waals surface area (Å²) in [6.07, 6.45) is 0.723. The molecule has 0 unspecified atom stereocenters. The molecule has 0 saturated heterocycles. The number of hydrogen-bond donors (Lipinski definition) is 2. The highest BCUT2D eigenvalue weighted by Crippen LogP contribution is 2.49. The Labute approximate surface area is 56.1 Å². The summed E-state index contributed by atoms with van der Waals surface area (Å²) in [5.41, 5.74) is 4.85. The van der Waals surface area contributed by atoms with Crippen LogP contribution in [-0.2, 0) is 0 Å². The predicted molar refractivity (Wildman–Crippen MR) is 36.7 cm³/mol. The van der Waals surface area contributed by atoms with E-state index in [2.05, 4.69) is 13.8 Å². The summed E-state index contributed by atoms with van der Waals surface area (Å²) in [6, 6.07) is 0. The smallest absolute Gasteiger partial charge is 0.117 e. The average Bonchev–Trinajstić information content (AvgIpc) is 1.63. The standard InChI is InChI=1S/C7H15NO/c1-5-6(2,3)4-7(5,8)9/h5,9H,4,8H2,1-3H3/t5-,7-/m1/s1. The van der Waals surface area contributed by atoms with E-state index in [9.17, 15) is 5.11 Å². The van der Waals surface area contributed by atoms with Gasteiger partial charge in [-0.3, -0.25) is 0 Å². The Balaban J connectivity index is 2.62. The van der Waals surface area contributed by atoms with Crippen molar-refractivity contribution in [2.75, 3.05) is 0 Å². The second kappa shape index (κ2) is 1.50. The van der Waals surface area contributed by atoms with Crippen LogP contribution >= 0.6 is 0 Å². The Kier molecular flexibility index (Phi) is 1.17. The number of aliphatic hydroxyl groups is 1. The van der Waals surface area contributed by atoms with E-state index in [0.29, 0.717) is 0 Å². The third kappa shape index (κ3) is 0.864. The van der Waals surface area contributed by atoms with E-state index in [0.717, 1.165) is 6.42 Å². The van der Waals surface area contributed by atoms with Gasteiger partial charge in [-0.2, -0.15) is 0 Å². The van der Waals surface area contributed by atoms with Gasteiger partial charge in [0.2, 0.25) is 0 Å². The summed E-state index contributed by atoms with van der Waals surface area (Å²) < 4.78 is 0. The van der Waals surface area contributed by atoms with Crippen molar-refractivity contribution in [2.45, 2.75) is 32.9 Å². The molecule has 0 bridgehead atoms. The summed E-state index contributed by atoms with van der Waals surface area (Å²) in [6.45, 7) is 6.24. The lowest BCUT2D eigenvalue weighted by molar-refractivity contribution is -0.167. The zero-order chi connectivity index (χ0) is 7.28. The van der Waals surface area contributed by atoms with Crippen LogP contribution in [0, 0.1) is 11.3 Å². The number of rotatable bonds is 0. The van der Waals surface area contributed by atoms with Crippen LogP contribution in [0.4, 0.5) is 0 Å². The molecule has 0 radical (unpaired) electrons. The van der Waals surface area contributed by atoms with E-state index in [1.807, 2.05) is 6.92 Å². The van der Waals surface area contributed by atoms with E-state index < -0.39 is 5.72 Å². The minimum atomic E-state index is -0.885. The van der Waals surface area contributed by atoms with Gasteiger partial charge in [0.25, 0.3) is 0 Å². The SMILES string of the molecule is C[C@@H]1C(C)(C)C[C@@]1(N)O. The van der Waals surface area contributed by atoms with Crippen LogP contribution in [0.5, 0.6) is 0 Å². The highest BCUT2D eigenvalue weighted by atomic mass is 16.3. The maximum Gasteiger partial charge on any atom is 0.117 e. The Morgan fingerprint density at radius 2 is 2.00 bits per heavy atom. The Morgan fingerprint density at radius 3 is 2.00 bits per heavy atom. The molecule has 1 fully saturated rings. The zero-order valence-electron chi connectivity index (χ0n) is 6.31. The Bertz CT molecular complexity index is 115. The molecule has 2 atom stereocenters. The maximum absolute atomic E-state index is 9.30. The molecule has 9 heavy (non-hydrogen) atoms. The largest absolute Gasteiger partial charge is 0.376 e. The van der Waals surface area contributed by atoms with Gasteiger partial charge in [-0.25, -0.2) is 0 Å². The lowest BCUT2D eigenvalue weighted by Crippen LogP contribution is -2.63. The quantitative estimate of drug-likeness (QED) is 0.473. The topological polar surface area (TPSA) is 46.2 Å². The molecule has 1 saturated carbocycles. The van der Waals surface area contributed by atoms with Gasteiger partial charge in [0.05, 0.1) is 0 Å². The van der Waals surface area contributed by atoms with E-state index >= 15 is 0 Å². The second-order valence-electron chi connectivity index (χ2n) is 3.88. The summed E-state index contributed by atoms with van der Waals surface area (Å²) in [5, 5.41) is 9.30. The highest BCUT2D eigenvalue weighted by Gasteiger charge is 2.52. The van der Waals surface area contributed by atoms with Crippen LogP contribution in [0.25, 0.3) is 0 Å². The molecule has 0 amide bonds. The van der Waals surface area contributed by atoms with Gasteiger partial charge in [-0.05, 0) is 11.8 Å². The summed E-state index contributed by atoms with van der Waals surface area (Å²) >= 11 is 0. The van der Waals surface area contributed by atoms with Gasteiger partial charge in [0.1, 0.15) is 5.72 Å². The van der Waals surface area contributed by atoms with E-state index in [1.54, 1.807) is 0 Å². The monoisotopic (exact) mass is 129 g/mol. The molecule has 2 heteroatoms. The van der Waals surface area contributed by atoms with Gasteiger partial charge in [0.15, 0.2) is 0 Å². The first-order valence-electron chi connectivity index (χ1n) is 3.37. The molecule has 0 aromatic carbocycles. The molecule has 1 aliphatic rings. The second-order valence-corrected chi connectivity index (χ2v) is 3.88. The van der Waals surface area contributed by atoms with Gasteiger partial charge >= 0.3 is 0 Å². The molecule has 54 valence electrons. The number of hydrogen-bond acceptors (Lipinski definition) is 2. The summed E-state index contributed by atoms with van der Waals surface area (Å²) in [7, 11) is 0. The molecule has 1 rings (SSSR count). The van der Waals surface area contributed by atoms with Crippen molar-refractivity contribution in [2.24, 2.45) is 17.1 Å². The van der Waals surface area contributed by atoms with E-state index in [1.165, 1.54) is 0 Å². The van der Waals surface area contributed by atoms with Crippen molar-refractivity contribution in [3.8, 4) is 0 Å². The fourth-order valence-electron chi connectivity index (χ4n) is 1.58. The molecule has 0 heterocycles. The predicted octanol–water partition coefficient (Wildman–Crippen LogP) is 0.700. The normalized spacial score (nSPS) is 48.3. The minimum absolute atomic E-state index is 0.227. The summed E-state index contributed by atoms with van der Waals surface area (Å²) in [5.74, 6) is 0.227.